The van der Waals surface area contributed by atoms with Gasteiger partial charge >= 0.3 is 8.56 Å². The Kier molecular flexibility index (Phi) is 5.04. The highest BCUT2D eigenvalue weighted by Crippen LogP contribution is 2.46. The molecule has 2 rings (SSSR count). The Morgan fingerprint density at radius 1 is 1.06 bits per heavy atom. The summed E-state index contributed by atoms with van der Waals surface area (Å²) in [6.07, 6.45) is 9.01. The monoisotopic (exact) mass is 268 g/mol. The Balaban J connectivity index is 1.86. The predicted molar refractivity (Wildman–Crippen MR) is 77.8 cm³/mol. The predicted octanol–water partition coefficient (Wildman–Crippen LogP) is 4.12. The van der Waals surface area contributed by atoms with E-state index in [1.807, 2.05) is 0 Å². The lowest BCUT2D eigenvalue weighted by molar-refractivity contribution is 0.180. The first-order chi connectivity index (χ1) is 8.73. The fraction of sp³-hybridized carbons (Fsp3) is 0.867. The second kappa shape index (κ2) is 6.35. The molecule has 2 aliphatic rings. The van der Waals surface area contributed by atoms with Crippen molar-refractivity contribution < 1.29 is 8.85 Å². The molecule has 1 fully saturated rings. The number of hydrogen-bond donors (Lipinski definition) is 0. The maximum atomic E-state index is 6.06. The Morgan fingerprint density at radius 2 is 1.78 bits per heavy atom. The fourth-order valence-corrected chi connectivity index (χ4v) is 6.72. The van der Waals surface area contributed by atoms with E-state index in [0.717, 1.165) is 37.0 Å². The molecule has 0 aliphatic heterocycles. The quantitative estimate of drug-likeness (QED) is 0.487. The van der Waals surface area contributed by atoms with Gasteiger partial charge in [-0.15, -0.1) is 0 Å². The van der Waals surface area contributed by atoms with E-state index in [0.29, 0.717) is 0 Å². The molecule has 18 heavy (non-hydrogen) atoms. The maximum Gasteiger partial charge on any atom is 0.337 e. The molecule has 2 bridgehead atoms. The van der Waals surface area contributed by atoms with Crippen LogP contribution in [0, 0.1) is 17.8 Å². The van der Waals surface area contributed by atoms with Gasteiger partial charge in [-0.25, -0.2) is 0 Å². The second-order valence-corrected chi connectivity index (χ2v) is 9.32. The molecule has 2 aliphatic carbocycles. The highest BCUT2D eigenvalue weighted by molar-refractivity contribution is 6.67. The summed E-state index contributed by atoms with van der Waals surface area (Å²) in [4.78, 5) is 0. The summed E-state index contributed by atoms with van der Waals surface area (Å²) >= 11 is 0. The number of fused-ring (bicyclic) bond motifs is 2. The summed E-state index contributed by atoms with van der Waals surface area (Å²) in [7, 11) is -1.89. The molecule has 1 saturated carbocycles. The molecule has 3 atom stereocenters. The SMILES string of the molecule is CCO[Si](CC)(CCC1CC2C=CC1C2)OCC. The van der Waals surface area contributed by atoms with Crippen LogP contribution in [-0.2, 0) is 8.85 Å². The van der Waals surface area contributed by atoms with E-state index >= 15 is 0 Å². The summed E-state index contributed by atoms with van der Waals surface area (Å²) < 4.78 is 12.1. The summed E-state index contributed by atoms with van der Waals surface area (Å²) in [6.45, 7) is 8.03. The van der Waals surface area contributed by atoms with Gasteiger partial charge in [-0.1, -0.05) is 19.1 Å². The molecule has 0 heterocycles. The highest BCUT2D eigenvalue weighted by Gasteiger charge is 2.40. The van der Waals surface area contributed by atoms with E-state index in [9.17, 15) is 0 Å². The van der Waals surface area contributed by atoms with E-state index < -0.39 is 8.56 Å². The van der Waals surface area contributed by atoms with Crippen molar-refractivity contribution >= 4 is 8.56 Å². The van der Waals surface area contributed by atoms with Gasteiger partial charge in [0.05, 0.1) is 0 Å². The second-order valence-electron chi connectivity index (χ2n) is 5.71. The van der Waals surface area contributed by atoms with Crippen LogP contribution in [0.4, 0.5) is 0 Å². The molecule has 0 spiro atoms. The zero-order valence-corrected chi connectivity index (χ0v) is 13.2. The van der Waals surface area contributed by atoms with Crippen LogP contribution in [0.5, 0.6) is 0 Å². The van der Waals surface area contributed by atoms with E-state index in [1.165, 1.54) is 25.3 Å². The van der Waals surface area contributed by atoms with E-state index in [1.54, 1.807) is 0 Å². The van der Waals surface area contributed by atoms with Gasteiger partial charge in [-0.2, -0.15) is 0 Å². The zero-order valence-electron chi connectivity index (χ0n) is 12.2. The molecule has 3 unspecified atom stereocenters. The molecule has 0 radical (unpaired) electrons. The maximum absolute atomic E-state index is 6.06. The molecule has 0 aromatic heterocycles. The van der Waals surface area contributed by atoms with Gasteiger partial charge in [0.15, 0.2) is 0 Å². The van der Waals surface area contributed by atoms with Crippen LogP contribution in [0.25, 0.3) is 0 Å². The molecule has 0 amide bonds. The molecular formula is C15H28O2Si. The average Bonchev–Trinajstić information content (AvgIpc) is 2.98. The van der Waals surface area contributed by atoms with Crippen molar-refractivity contribution in [2.24, 2.45) is 17.8 Å². The molecular weight excluding hydrogens is 240 g/mol. The Hall–Kier alpha value is -0.123. The minimum Gasteiger partial charge on any atom is -0.394 e. The van der Waals surface area contributed by atoms with Gasteiger partial charge in [-0.05, 0) is 63.0 Å². The molecule has 104 valence electrons. The molecule has 0 N–H and O–H groups in total. The standard InChI is InChI=1S/C15H28O2Si/c1-4-16-18(6-3,17-5-2)10-9-15-12-13-7-8-14(15)11-13/h7-8,13-15H,4-6,9-12H2,1-3H3. The smallest absolute Gasteiger partial charge is 0.337 e. The lowest BCUT2D eigenvalue weighted by Crippen LogP contribution is -2.42. The van der Waals surface area contributed by atoms with E-state index in [4.69, 9.17) is 8.85 Å². The summed E-state index contributed by atoms with van der Waals surface area (Å²) in [5.74, 6) is 2.65. The van der Waals surface area contributed by atoms with Gasteiger partial charge < -0.3 is 8.85 Å². The molecule has 2 nitrogen and oxygen atoms in total. The first kappa shape index (κ1) is 14.3. The number of allylic oxidation sites excluding steroid dienone is 2. The Bertz CT molecular complexity index is 284. The minimum atomic E-state index is -1.89. The largest absolute Gasteiger partial charge is 0.394 e. The van der Waals surface area contributed by atoms with Crippen molar-refractivity contribution in [3.63, 3.8) is 0 Å². The van der Waals surface area contributed by atoms with Gasteiger partial charge in [0.2, 0.25) is 0 Å². The third kappa shape index (κ3) is 3.06. The van der Waals surface area contributed by atoms with Crippen LogP contribution >= 0.6 is 0 Å². The fourth-order valence-electron chi connectivity index (χ4n) is 3.72. The molecule has 0 saturated heterocycles. The van der Waals surface area contributed by atoms with Crippen molar-refractivity contribution in [1.82, 2.24) is 0 Å². The minimum absolute atomic E-state index is 0.802. The lowest BCUT2D eigenvalue weighted by Gasteiger charge is -2.31. The molecule has 3 heteroatoms. The third-order valence-corrected chi connectivity index (χ3v) is 8.42. The average molecular weight is 268 g/mol. The van der Waals surface area contributed by atoms with Crippen molar-refractivity contribution in [3.8, 4) is 0 Å². The Labute approximate surface area is 113 Å². The molecule has 0 aromatic rings. The van der Waals surface area contributed by atoms with Crippen LogP contribution in [0.3, 0.4) is 0 Å². The Morgan fingerprint density at radius 3 is 2.22 bits per heavy atom. The van der Waals surface area contributed by atoms with Crippen LogP contribution in [0.2, 0.25) is 12.1 Å². The van der Waals surface area contributed by atoms with E-state index in [-0.39, 0.29) is 0 Å². The van der Waals surface area contributed by atoms with Crippen LogP contribution in [0.15, 0.2) is 12.2 Å². The van der Waals surface area contributed by atoms with E-state index in [2.05, 4.69) is 32.9 Å². The van der Waals surface area contributed by atoms with Crippen molar-refractivity contribution in [2.75, 3.05) is 13.2 Å². The summed E-state index contributed by atoms with van der Waals surface area (Å²) in [5, 5.41) is 0. The first-order valence-corrected chi connectivity index (χ1v) is 9.92. The van der Waals surface area contributed by atoms with Crippen molar-refractivity contribution in [3.05, 3.63) is 12.2 Å². The first-order valence-electron chi connectivity index (χ1n) is 7.69. The van der Waals surface area contributed by atoms with Crippen molar-refractivity contribution in [1.29, 1.82) is 0 Å². The third-order valence-electron chi connectivity index (χ3n) is 4.67. The molecule has 0 aromatic carbocycles. The normalized spacial score (nSPS) is 30.3. The topological polar surface area (TPSA) is 18.5 Å². The van der Waals surface area contributed by atoms with Crippen LogP contribution in [-0.4, -0.2) is 21.8 Å². The zero-order chi connectivity index (χ0) is 13.0. The number of hydrogen-bond acceptors (Lipinski definition) is 2. The van der Waals surface area contributed by atoms with Gasteiger partial charge in [0, 0.05) is 13.2 Å². The summed E-state index contributed by atoms with van der Waals surface area (Å²) in [6, 6.07) is 2.28. The van der Waals surface area contributed by atoms with Crippen LogP contribution < -0.4 is 0 Å². The highest BCUT2D eigenvalue weighted by atomic mass is 28.4. The van der Waals surface area contributed by atoms with Gasteiger partial charge in [0.1, 0.15) is 0 Å². The van der Waals surface area contributed by atoms with Crippen LogP contribution in [0.1, 0.15) is 40.0 Å². The van der Waals surface area contributed by atoms with Gasteiger partial charge in [-0.3, -0.25) is 0 Å². The lowest BCUT2D eigenvalue weighted by atomic mass is 9.91. The number of rotatable bonds is 8. The summed E-state index contributed by atoms with van der Waals surface area (Å²) in [5.41, 5.74) is 0. The van der Waals surface area contributed by atoms with Gasteiger partial charge in [0.25, 0.3) is 0 Å². The van der Waals surface area contributed by atoms with Crippen molar-refractivity contribution in [2.45, 2.75) is 52.1 Å².